The van der Waals surface area contributed by atoms with Crippen molar-refractivity contribution >= 4 is 5.97 Å². The summed E-state index contributed by atoms with van der Waals surface area (Å²) in [7, 11) is 1.46. The van der Waals surface area contributed by atoms with Gasteiger partial charge in [0, 0.05) is 12.6 Å². The first-order chi connectivity index (χ1) is 7.74. The molecule has 0 aromatic rings. The van der Waals surface area contributed by atoms with E-state index in [0.717, 1.165) is 32.3 Å². The molecule has 0 aliphatic heterocycles. The third-order valence-electron chi connectivity index (χ3n) is 3.46. The Hall–Kier alpha value is -0.610. The van der Waals surface area contributed by atoms with Crippen LogP contribution in [0.2, 0.25) is 0 Å². The van der Waals surface area contributed by atoms with Gasteiger partial charge < -0.3 is 14.8 Å². The lowest BCUT2D eigenvalue weighted by Gasteiger charge is -2.37. The van der Waals surface area contributed by atoms with E-state index in [-0.39, 0.29) is 12.0 Å². The van der Waals surface area contributed by atoms with Crippen LogP contribution in [0.5, 0.6) is 0 Å². The lowest BCUT2D eigenvalue weighted by Crippen LogP contribution is -2.52. The van der Waals surface area contributed by atoms with Gasteiger partial charge in [-0.2, -0.15) is 0 Å². The molecule has 1 unspecified atom stereocenters. The van der Waals surface area contributed by atoms with Gasteiger partial charge in [-0.25, -0.2) is 0 Å². The molecule has 0 radical (unpaired) electrons. The molecule has 1 atom stereocenters. The molecule has 2 aliphatic carbocycles. The van der Waals surface area contributed by atoms with Crippen molar-refractivity contribution in [3.05, 3.63) is 0 Å². The van der Waals surface area contributed by atoms with E-state index in [1.54, 1.807) is 0 Å². The molecule has 2 rings (SSSR count). The number of rotatable bonds is 6. The maximum absolute atomic E-state index is 11.6. The molecular weight excluding hydrogens is 206 g/mol. The van der Waals surface area contributed by atoms with Crippen LogP contribution in [-0.2, 0) is 14.3 Å². The minimum absolute atomic E-state index is 0.0856. The normalized spacial score (nSPS) is 30.6. The largest absolute Gasteiger partial charge is 0.468 e. The number of hydrogen-bond donors (Lipinski definition) is 1. The van der Waals surface area contributed by atoms with Crippen molar-refractivity contribution in [1.29, 1.82) is 0 Å². The Balaban J connectivity index is 1.73. The molecule has 4 nitrogen and oxygen atoms in total. The smallest absolute Gasteiger partial charge is 0.323 e. The first-order valence-corrected chi connectivity index (χ1v) is 6.20. The van der Waals surface area contributed by atoms with E-state index in [4.69, 9.17) is 9.47 Å². The highest BCUT2D eigenvalue weighted by molar-refractivity contribution is 5.76. The first-order valence-electron chi connectivity index (χ1n) is 6.20. The van der Waals surface area contributed by atoms with Gasteiger partial charge in [-0.1, -0.05) is 0 Å². The van der Waals surface area contributed by atoms with Gasteiger partial charge in [0.15, 0.2) is 0 Å². The second-order valence-electron chi connectivity index (χ2n) is 4.75. The maximum atomic E-state index is 11.6. The minimum Gasteiger partial charge on any atom is -0.468 e. The fraction of sp³-hybridized carbons (Fsp3) is 0.917. The molecule has 92 valence electrons. The van der Waals surface area contributed by atoms with Crippen molar-refractivity contribution in [3.8, 4) is 0 Å². The van der Waals surface area contributed by atoms with Crippen molar-refractivity contribution in [1.82, 2.24) is 5.32 Å². The van der Waals surface area contributed by atoms with E-state index < -0.39 is 0 Å². The standard InChI is InChI=1S/C12H21NO3/c1-3-16-10-6-9(7-10)13-11(8-4-5-8)12(14)15-2/h8-11,13H,3-7H2,1-2H3. The minimum atomic E-state index is -0.109. The van der Waals surface area contributed by atoms with Crippen molar-refractivity contribution < 1.29 is 14.3 Å². The predicted octanol–water partition coefficient (Wildman–Crippen LogP) is 1.10. The van der Waals surface area contributed by atoms with Gasteiger partial charge >= 0.3 is 5.97 Å². The number of nitrogens with one attached hydrogen (secondary N) is 1. The summed E-state index contributed by atoms with van der Waals surface area (Å²) in [5.74, 6) is 0.390. The Kier molecular flexibility index (Phi) is 3.82. The van der Waals surface area contributed by atoms with Crippen molar-refractivity contribution in [2.45, 2.75) is 50.8 Å². The van der Waals surface area contributed by atoms with E-state index in [1.807, 2.05) is 6.92 Å². The van der Waals surface area contributed by atoms with Gasteiger partial charge in [-0.3, -0.25) is 4.79 Å². The highest BCUT2D eigenvalue weighted by Gasteiger charge is 2.40. The highest BCUT2D eigenvalue weighted by Crippen LogP contribution is 2.35. The zero-order valence-corrected chi connectivity index (χ0v) is 10.1. The van der Waals surface area contributed by atoms with Crippen LogP contribution in [0.25, 0.3) is 0 Å². The van der Waals surface area contributed by atoms with Crippen LogP contribution in [0, 0.1) is 5.92 Å². The van der Waals surface area contributed by atoms with Gasteiger partial charge in [0.1, 0.15) is 6.04 Å². The van der Waals surface area contributed by atoms with Gasteiger partial charge in [0.25, 0.3) is 0 Å². The van der Waals surface area contributed by atoms with Gasteiger partial charge in [-0.05, 0) is 38.5 Å². The lowest BCUT2D eigenvalue weighted by atomic mass is 9.88. The Bertz CT molecular complexity index is 247. The van der Waals surface area contributed by atoms with Crippen LogP contribution in [0.1, 0.15) is 32.6 Å². The van der Waals surface area contributed by atoms with Gasteiger partial charge in [-0.15, -0.1) is 0 Å². The number of carbonyl (C=O) groups is 1. The molecule has 16 heavy (non-hydrogen) atoms. The average molecular weight is 227 g/mol. The summed E-state index contributed by atoms with van der Waals surface area (Å²) in [5, 5.41) is 3.40. The molecule has 2 fully saturated rings. The molecule has 0 bridgehead atoms. The lowest BCUT2D eigenvalue weighted by molar-refractivity contribution is -0.144. The van der Waals surface area contributed by atoms with Crippen LogP contribution < -0.4 is 5.32 Å². The molecule has 0 spiro atoms. The quantitative estimate of drug-likeness (QED) is 0.690. The summed E-state index contributed by atoms with van der Waals surface area (Å²) in [4.78, 5) is 11.6. The number of ether oxygens (including phenoxy) is 2. The van der Waals surface area contributed by atoms with Crippen LogP contribution in [0.4, 0.5) is 0 Å². The monoisotopic (exact) mass is 227 g/mol. The summed E-state index contributed by atoms with van der Waals surface area (Å²) in [6.07, 6.45) is 4.73. The molecule has 2 aliphatic rings. The molecule has 0 heterocycles. The number of esters is 1. The van der Waals surface area contributed by atoms with E-state index >= 15 is 0 Å². The molecule has 0 amide bonds. The number of hydrogen-bond acceptors (Lipinski definition) is 4. The van der Waals surface area contributed by atoms with Crippen LogP contribution in [0.3, 0.4) is 0 Å². The van der Waals surface area contributed by atoms with Crippen LogP contribution in [-0.4, -0.2) is 37.9 Å². The fourth-order valence-electron chi connectivity index (χ4n) is 2.28. The zero-order chi connectivity index (χ0) is 11.5. The van der Waals surface area contributed by atoms with E-state index in [2.05, 4.69) is 5.32 Å². The number of methoxy groups -OCH3 is 1. The molecule has 4 heteroatoms. The highest BCUT2D eigenvalue weighted by atomic mass is 16.5. The summed E-state index contributed by atoms with van der Waals surface area (Å²) in [5.41, 5.74) is 0. The van der Waals surface area contributed by atoms with Crippen molar-refractivity contribution in [3.63, 3.8) is 0 Å². The van der Waals surface area contributed by atoms with Crippen molar-refractivity contribution in [2.75, 3.05) is 13.7 Å². The average Bonchev–Trinajstić information content (AvgIpc) is 3.04. The summed E-state index contributed by atoms with van der Waals surface area (Å²) in [6.45, 7) is 2.79. The first kappa shape index (κ1) is 11.9. The summed E-state index contributed by atoms with van der Waals surface area (Å²) >= 11 is 0. The zero-order valence-electron chi connectivity index (χ0n) is 10.1. The predicted molar refractivity (Wildman–Crippen MR) is 60.1 cm³/mol. The van der Waals surface area contributed by atoms with E-state index in [1.165, 1.54) is 7.11 Å². The summed E-state index contributed by atoms with van der Waals surface area (Å²) < 4.78 is 10.3. The third kappa shape index (κ3) is 2.74. The van der Waals surface area contributed by atoms with Gasteiger partial charge in [0.2, 0.25) is 0 Å². The SMILES string of the molecule is CCOC1CC(NC(C(=O)OC)C2CC2)C1. The Morgan fingerprint density at radius 1 is 1.44 bits per heavy atom. The molecular formula is C12H21NO3. The van der Waals surface area contributed by atoms with E-state index in [9.17, 15) is 4.79 Å². The molecule has 1 N–H and O–H groups in total. The van der Waals surface area contributed by atoms with E-state index in [0.29, 0.717) is 18.1 Å². The van der Waals surface area contributed by atoms with Crippen LogP contribution in [0.15, 0.2) is 0 Å². The third-order valence-corrected chi connectivity index (χ3v) is 3.46. The molecule has 0 saturated heterocycles. The topological polar surface area (TPSA) is 47.6 Å². The Labute approximate surface area is 96.7 Å². The second kappa shape index (κ2) is 5.15. The second-order valence-corrected chi connectivity index (χ2v) is 4.75. The Morgan fingerprint density at radius 3 is 2.62 bits per heavy atom. The molecule has 2 saturated carbocycles. The van der Waals surface area contributed by atoms with Gasteiger partial charge in [0.05, 0.1) is 13.2 Å². The fourth-order valence-corrected chi connectivity index (χ4v) is 2.28. The van der Waals surface area contributed by atoms with Crippen molar-refractivity contribution in [2.24, 2.45) is 5.92 Å². The number of carbonyl (C=O) groups excluding carboxylic acids is 1. The molecule has 0 aromatic carbocycles. The maximum Gasteiger partial charge on any atom is 0.323 e. The Morgan fingerprint density at radius 2 is 2.12 bits per heavy atom. The molecule has 0 aromatic heterocycles. The summed E-state index contributed by atoms with van der Waals surface area (Å²) in [6, 6.07) is 0.346. The van der Waals surface area contributed by atoms with Crippen LogP contribution >= 0.6 is 0 Å².